The van der Waals surface area contributed by atoms with Gasteiger partial charge in [0, 0.05) is 38.3 Å². The molecule has 114 valence electrons. The lowest BCUT2D eigenvalue weighted by Crippen LogP contribution is -2.51. The van der Waals surface area contributed by atoms with Crippen LogP contribution in [0.25, 0.3) is 0 Å². The van der Waals surface area contributed by atoms with Gasteiger partial charge in [0.2, 0.25) is 5.91 Å². The third-order valence-corrected chi connectivity index (χ3v) is 3.90. The van der Waals surface area contributed by atoms with Crippen LogP contribution < -0.4 is 0 Å². The van der Waals surface area contributed by atoms with E-state index in [4.69, 9.17) is 27.9 Å². The van der Waals surface area contributed by atoms with E-state index in [0.717, 1.165) is 0 Å². The number of carbonyl (C=O) groups is 2. The highest BCUT2D eigenvalue weighted by Gasteiger charge is 2.25. The fourth-order valence-corrected chi connectivity index (χ4v) is 2.70. The smallest absolute Gasteiger partial charge is 0.255 e. The minimum absolute atomic E-state index is 0.0610. The van der Waals surface area contributed by atoms with Crippen molar-refractivity contribution in [2.45, 2.75) is 0 Å². The van der Waals surface area contributed by atoms with Gasteiger partial charge in [0.1, 0.15) is 6.61 Å². The van der Waals surface area contributed by atoms with Gasteiger partial charge in [0.25, 0.3) is 5.91 Å². The lowest BCUT2D eigenvalue weighted by Gasteiger charge is -2.34. The first-order valence-electron chi connectivity index (χ1n) is 6.54. The number of ether oxygens (including phenoxy) is 1. The summed E-state index contributed by atoms with van der Waals surface area (Å²) < 4.78 is 4.83. The molecule has 1 saturated heterocycles. The molecule has 7 heteroatoms. The van der Waals surface area contributed by atoms with E-state index >= 15 is 0 Å². The van der Waals surface area contributed by atoms with Gasteiger partial charge in [0.05, 0.1) is 10.6 Å². The lowest BCUT2D eigenvalue weighted by atomic mass is 10.2. The third kappa shape index (κ3) is 3.87. The van der Waals surface area contributed by atoms with E-state index in [1.165, 1.54) is 7.11 Å². The van der Waals surface area contributed by atoms with Crippen LogP contribution in [0.2, 0.25) is 10.0 Å². The molecule has 2 rings (SSSR count). The van der Waals surface area contributed by atoms with Crippen molar-refractivity contribution < 1.29 is 14.3 Å². The molecule has 0 bridgehead atoms. The molecular formula is C14H16Cl2N2O3. The predicted octanol–water partition coefficient (Wildman–Crippen LogP) is 1.92. The maximum absolute atomic E-state index is 12.4. The molecule has 0 radical (unpaired) electrons. The quantitative estimate of drug-likeness (QED) is 0.850. The Hall–Kier alpha value is -1.30. The van der Waals surface area contributed by atoms with Crippen LogP contribution in [0.5, 0.6) is 0 Å². The number of piperazine rings is 1. The van der Waals surface area contributed by atoms with Gasteiger partial charge in [-0.25, -0.2) is 0 Å². The monoisotopic (exact) mass is 330 g/mol. The Morgan fingerprint density at radius 1 is 1.14 bits per heavy atom. The highest BCUT2D eigenvalue weighted by molar-refractivity contribution is 6.36. The molecule has 5 nitrogen and oxygen atoms in total. The summed E-state index contributed by atoms with van der Waals surface area (Å²) in [5.74, 6) is -0.204. The van der Waals surface area contributed by atoms with E-state index < -0.39 is 0 Å². The third-order valence-electron chi connectivity index (χ3n) is 3.35. The maximum atomic E-state index is 12.4. The molecule has 2 amide bonds. The zero-order valence-electron chi connectivity index (χ0n) is 11.6. The summed E-state index contributed by atoms with van der Waals surface area (Å²) in [7, 11) is 1.49. The van der Waals surface area contributed by atoms with Crippen LogP contribution in [0.3, 0.4) is 0 Å². The highest BCUT2D eigenvalue weighted by atomic mass is 35.5. The molecule has 1 fully saturated rings. The minimum atomic E-state index is -0.143. The maximum Gasteiger partial charge on any atom is 0.255 e. The van der Waals surface area contributed by atoms with Crippen molar-refractivity contribution in [3.05, 3.63) is 33.8 Å². The zero-order chi connectivity index (χ0) is 15.4. The number of hydrogen-bond donors (Lipinski definition) is 0. The first-order valence-corrected chi connectivity index (χ1v) is 7.29. The summed E-state index contributed by atoms with van der Waals surface area (Å²) >= 11 is 11.9. The second kappa shape index (κ2) is 7.11. The largest absolute Gasteiger partial charge is 0.375 e. The van der Waals surface area contributed by atoms with Crippen LogP contribution in [-0.4, -0.2) is 61.5 Å². The molecule has 1 aromatic carbocycles. The summed E-state index contributed by atoms with van der Waals surface area (Å²) in [5.41, 5.74) is 0.428. The molecule has 1 aliphatic heterocycles. The molecule has 1 heterocycles. The second-order valence-corrected chi connectivity index (χ2v) is 5.57. The van der Waals surface area contributed by atoms with Gasteiger partial charge in [-0.2, -0.15) is 0 Å². The Balaban J connectivity index is 1.98. The van der Waals surface area contributed by atoms with Crippen LogP contribution in [0.4, 0.5) is 0 Å². The number of methoxy groups -OCH3 is 1. The summed E-state index contributed by atoms with van der Waals surface area (Å²) in [4.78, 5) is 27.5. The Labute approximate surface area is 133 Å². The van der Waals surface area contributed by atoms with E-state index in [0.29, 0.717) is 41.8 Å². The Bertz CT molecular complexity index is 543. The standard InChI is InChI=1S/C14H16Cl2N2O3/c1-21-9-13(19)17-4-6-18(7-5-17)14(20)11-3-2-10(15)8-12(11)16/h2-3,8H,4-7,9H2,1H3. The van der Waals surface area contributed by atoms with Crippen LogP contribution in [0.1, 0.15) is 10.4 Å². The number of amides is 2. The number of nitrogens with zero attached hydrogens (tertiary/aromatic N) is 2. The fourth-order valence-electron chi connectivity index (χ4n) is 2.21. The van der Waals surface area contributed by atoms with Gasteiger partial charge >= 0.3 is 0 Å². The second-order valence-electron chi connectivity index (χ2n) is 4.73. The summed E-state index contributed by atoms with van der Waals surface area (Å²) in [6.07, 6.45) is 0. The SMILES string of the molecule is COCC(=O)N1CCN(C(=O)c2ccc(Cl)cc2Cl)CC1. The van der Waals surface area contributed by atoms with Gasteiger partial charge in [-0.05, 0) is 18.2 Å². The van der Waals surface area contributed by atoms with Crippen molar-refractivity contribution in [3.8, 4) is 0 Å². The van der Waals surface area contributed by atoms with Crippen molar-refractivity contribution in [3.63, 3.8) is 0 Å². The van der Waals surface area contributed by atoms with Crippen molar-refractivity contribution in [1.29, 1.82) is 0 Å². The number of hydrogen-bond acceptors (Lipinski definition) is 3. The number of benzene rings is 1. The molecule has 0 N–H and O–H groups in total. The van der Waals surface area contributed by atoms with E-state index in [1.54, 1.807) is 28.0 Å². The Morgan fingerprint density at radius 3 is 2.33 bits per heavy atom. The molecule has 1 aliphatic rings. The number of rotatable bonds is 3. The van der Waals surface area contributed by atoms with Crippen molar-refractivity contribution in [1.82, 2.24) is 9.80 Å². The normalized spacial score (nSPS) is 15.2. The van der Waals surface area contributed by atoms with E-state index in [9.17, 15) is 9.59 Å². The number of halogens is 2. The zero-order valence-corrected chi connectivity index (χ0v) is 13.2. The summed E-state index contributed by atoms with van der Waals surface area (Å²) in [6, 6.07) is 4.81. The minimum Gasteiger partial charge on any atom is -0.375 e. The van der Waals surface area contributed by atoms with E-state index in [2.05, 4.69) is 0 Å². The molecule has 0 spiro atoms. The number of carbonyl (C=O) groups excluding carboxylic acids is 2. The average molecular weight is 331 g/mol. The molecule has 0 saturated carbocycles. The average Bonchev–Trinajstić information content (AvgIpc) is 2.47. The van der Waals surface area contributed by atoms with Crippen molar-refractivity contribution in [2.75, 3.05) is 39.9 Å². The van der Waals surface area contributed by atoms with Gasteiger partial charge in [0.15, 0.2) is 0 Å². The summed E-state index contributed by atoms with van der Waals surface area (Å²) in [6.45, 7) is 2.02. The lowest BCUT2D eigenvalue weighted by molar-refractivity contribution is -0.136. The van der Waals surface area contributed by atoms with E-state index in [-0.39, 0.29) is 18.4 Å². The Kier molecular flexibility index (Phi) is 5.45. The van der Waals surface area contributed by atoms with Crippen molar-refractivity contribution in [2.24, 2.45) is 0 Å². The van der Waals surface area contributed by atoms with Gasteiger partial charge in [-0.3, -0.25) is 9.59 Å². The molecule has 0 aliphatic carbocycles. The van der Waals surface area contributed by atoms with E-state index in [1.807, 2.05) is 0 Å². The highest BCUT2D eigenvalue weighted by Crippen LogP contribution is 2.22. The molecule has 21 heavy (non-hydrogen) atoms. The topological polar surface area (TPSA) is 49.9 Å². The van der Waals surface area contributed by atoms with Crippen molar-refractivity contribution >= 4 is 35.0 Å². The fraction of sp³-hybridized carbons (Fsp3) is 0.429. The first-order chi connectivity index (χ1) is 10.0. The molecule has 0 aromatic heterocycles. The van der Waals surface area contributed by atoms with Crippen LogP contribution >= 0.6 is 23.2 Å². The molecule has 1 aromatic rings. The van der Waals surface area contributed by atoms with Gasteiger partial charge in [-0.1, -0.05) is 23.2 Å². The molecular weight excluding hydrogens is 315 g/mol. The van der Waals surface area contributed by atoms with Crippen LogP contribution in [0.15, 0.2) is 18.2 Å². The Morgan fingerprint density at radius 2 is 1.76 bits per heavy atom. The van der Waals surface area contributed by atoms with Gasteiger partial charge in [-0.15, -0.1) is 0 Å². The van der Waals surface area contributed by atoms with Crippen LogP contribution in [-0.2, 0) is 9.53 Å². The summed E-state index contributed by atoms with van der Waals surface area (Å²) in [5, 5.41) is 0.830. The molecule has 0 unspecified atom stereocenters. The first kappa shape index (κ1) is 16.1. The molecule has 0 atom stereocenters. The van der Waals surface area contributed by atoms with Crippen LogP contribution in [0, 0.1) is 0 Å². The van der Waals surface area contributed by atoms with Gasteiger partial charge < -0.3 is 14.5 Å². The predicted molar refractivity (Wildman–Crippen MR) is 80.8 cm³/mol.